The first-order valence-electron chi connectivity index (χ1n) is 10.6. The predicted octanol–water partition coefficient (Wildman–Crippen LogP) is 7.81. The van der Waals surface area contributed by atoms with E-state index in [4.69, 9.17) is 0 Å². The fourth-order valence-electron chi connectivity index (χ4n) is 5.45. The normalized spacial score (nSPS) is 17.4. The fourth-order valence-corrected chi connectivity index (χ4v) is 5.45. The third-order valence-electron chi connectivity index (χ3n) is 6.84. The summed E-state index contributed by atoms with van der Waals surface area (Å²) in [6.45, 7) is 2.34. The average Bonchev–Trinajstić information content (AvgIpc) is 3.08. The minimum absolute atomic E-state index is 0.613. The summed E-state index contributed by atoms with van der Waals surface area (Å²) in [5.74, 6) is 0. The van der Waals surface area contributed by atoms with Gasteiger partial charge in [0.2, 0.25) is 0 Å². The van der Waals surface area contributed by atoms with E-state index in [2.05, 4.69) is 73.7 Å². The predicted molar refractivity (Wildman–Crippen MR) is 117 cm³/mol. The number of rotatable bonds is 5. The quantitative estimate of drug-likeness (QED) is 0.439. The smallest absolute Gasteiger partial charge is 0.00574 e. The van der Waals surface area contributed by atoms with Crippen LogP contribution in [0, 0.1) is 5.41 Å². The Balaban J connectivity index is 1.55. The Morgan fingerprint density at radius 2 is 1.63 bits per heavy atom. The molecule has 0 heterocycles. The molecule has 0 aliphatic heterocycles. The first kappa shape index (κ1) is 16.8. The van der Waals surface area contributed by atoms with Crippen LogP contribution in [0.2, 0.25) is 0 Å². The Morgan fingerprint density at radius 3 is 2.44 bits per heavy atom. The first-order chi connectivity index (χ1) is 13.3. The lowest BCUT2D eigenvalue weighted by Gasteiger charge is -2.42. The van der Waals surface area contributed by atoms with Crippen LogP contribution in [0.1, 0.15) is 56.6 Å². The van der Waals surface area contributed by atoms with E-state index in [0.717, 1.165) is 6.42 Å². The van der Waals surface area contributed by atoms with Crippen molar-refractivity contribution in [2.75, 3.05) is 0 Å². The third-order valence-corrected chi connectivity index (χ3v) is 6.84. The van der Waals surface area contributed by atoms with Crippen LogP contribution in [0.4, 0.5) is 0 Å². The monoisotopic (exact) mass is 352 g/mol. The number of hydrogen-bond donors (Lipinski definition) is 0. The maximum absolute atomic E-state index is 2.53. The fraction of sp³-hybridized carbons (Fsp3) is 0.333. The second-order valence-electron chi connectivity index (χ2n) is 8.66. The zero-order valence-electron chi connectivity index (χ0n) is 16.3. The van der Waals surface area contributed by atoms with Crippen molar-refractivity contribution in [2.24, 2.45) is 5.41 Å². The second-order valence-corrected chi connectivity index (χ2v) is 8.66. The van der Waals surface area contributed by atoms with E-state index in [1.807, 2.05) is 0 Å². The third kappa shape index (κ3) is 2.92. The van der Waals surface area contributed by atoms with Gasteiger partial charge < -0.3 is 0 Å². The molecule has 2 aliphatic carbocycles. The highest BCUT2D eigenvalue weighted by atomic mass is 14.4. The number of hydrogen-bond acceptors (Lipinski definition) is 0. The Morgan fingerprint density at radius 1 is 0.852 bits per heavy atom. The molecule has 136 valence electrons. The number of benzene rings is 3. The lowest BCUT2D eigenvalue weighted by atomic mass is 9.63. The second kappa shape index (κ2) is 6.68. The van der Waals surface area contributed by atoms with Gasteiger partial charge in [-0.3, -0.25) is 0 Å². The molecule has 3 aromatic carbocycles. The van der Waals surface area contributed by atoms with Crippen LogP contribution in [-0.4, -0.2) is 0 Å². The van der Waals surface area contributed by atoms with Crippen LogP contribution in [0.5, 0.6) is 0 Å². The summed E-state index contributed by atoms with van der Waals surface area (Å²) >= 11 is 0. The summed E-state index contributed by atoms with van der Waals surface area (Å²) in [4.78, 5) is 0. The molecular formula is C27H28. The molecular weight excluding hydrogens is 324 g/mol. The Hall–Kier alpha value is -2.34. The first-order valence-corrected chi connectivity index (χ1v) is 10.6. The van der Waals surface area contributed by atoms with Gasteiger partial charge in [-0.05, 0) is 70.5 Å². The molecule has 0 bridgehead atoms. The van der Waals surface area contributed by atoms with Gasteiger partial charge in [-0.2, -0.15) is 0 Å². The molecule has 1 fully saturated rings. The summed E-state index contributed by atoms with van der Waals surface area (Å²) in [7, 11) is 0. The Labute approximate surface area is 162 Å². The minimum Gasteiger partial charge on any atom is -0.0654 e. The highest BCUT2D eigenvalue weighted by Gasteiger charge is 2.37. The van der Waals surface area contributed by atoms with Gasteiger partial charge in [0.15, 0.2) is 0 Å². The van der Waals surface area contributed by atoms with Gasteiger partial charge in [-0.15, -0.1) is 0 Å². The number of fused-ring (bicyclic) bond motifs is 2. The van der Waals surface area contributed by atoms with Crippen molar-refractivity contribution in [3.05, 3.63) is 77.4 Å². The Bertz CT molecular complexity index is 1010. The molecule has 0 N–H and O–H groups in total. The maximum atomic E-state index is 2.53. The molecule has 0 saturated heterocycles. The van der Waals surface area contributed by atoms with Gasteiger partial charge in [0.25, 0.3) is 0 Å². The summed E-state index contributed by atoms with van der Waals surface area (Å²) in [6.07, 6.45) is 12.0. The van der Waals surface area contributed by atoms with Crippen LogP contribution in [0.15, 0.2) is 66.2 Å². The van der Waals surface area contributed by atoms with Crippen LogP contribution in [0.3, 0.4) is 0 Å². The standard InChI is InChI=1S/C27H28/c1-2-14-27(15-7-16-27)19-20-17-22-10-6-13-25(26(22)18-20)24-12-5-9-21-8-3-4-11-23(21)24/h3-6,8-13,18H,2,7,14-17,19H2,1H3. The minimum atomic E-state index is 0.613. The van der Waals surface area contributed by atoms with Crippen molar-refractivity contribution in [2.45, 2.75) is 51.9 Å². The van der Waals surface area contributed by atoms with Gasteiger partial charge >= 0.3 is 0 Å². The molecule has 1 saturated carbocycles. The average molecular weight is 353 g/mol. The lowest BCUT2D eigenvalue weighted by molar-refractivity contribution is 0.118. The van der Waals surface area contributed by atoms with Crippen molar-refractivity contribution >= 4 is 16.8 Å². The molecule has 0 nitrogen and oxygen atoms in total. The van der Waals surface area contributed by atoms with Gasteiger partial charge in [0.1, 0.15) is 0 Å². The van der Waals surface area contributed by atoms with Crippen LogP contribution >= 0.6 is 0 Å². The Kier molecular flexibility index (Phi) is 4.16. The van der Waals surface area contributed by atoms with Crippen molar-refractivity contribution in [3.8, 4) is 11.1 Å². The zero-order valence-corrected chi connectivity index (χ0v) is 16.3. The van der Waals surface area contributed by atoms with Crippen molar-refractivity contribution in [1.82, 2.24) is 0 Å². The molecule has 0 aromatic heterocycles. The highest BCUT2D eigenvalue weighted by Crippen LogP contribution is 2.51. The molecule has 2 aliphatic rings. The summed E-state index contributed by atoms with van der Waals surface area (Å²) in [5, 5.41) is 2.68. The molecule has 27 heavy (non-hydrogen) atoms. The molecule has 0 spiro atoms. The topological polar surface area (TPSA) is 0 Å². The SMILES string of the molecule is CCCC1(CC2=Cc3c(cccc3-c3cccc4ccccc34)C2)CCC1. The van der Waals surface area contributed by atoms with Crippen LogP contribution < -0.4 is 0 Å². The van der Waals surface area contributed by atoms with Gasteiger partial charge in [0.05, 0.1) is 0 Å². The largest absolute Gasteiger partial charge is 0.0654 e. The molecule has 0 heteroatoms. The zero-order chi connectivity index (χ0) is 18.3. The maximum Gasteiger partial charge on any atom is -0.00574 e. The van der Waals surface area contributed by atoms with Crippen molar-refractivity contribution < 1.29 is 0 Å². The van der Waals surface area contributed by atoms with E-state index in [9.17, 15) is 0 Å². The molecule has 0 atom stereocenters. The van der Waals surface area contributed by atoms with E-state index in [-0.39, 0.29) is 0 Å². The molecule has 0 unspecified atom stereocenters. The summed E-state index contributed by atoms with van der Waals surface area (Å²) in [5.41, 5.74) is 8.02. The van der Waals surface area contributed by atoms with Crippen LogP contribution in [0.25, 0.3) is 28.0 Å². The van der Waals surface area contributed by atoms with Crippen LogP contribution in [-0.2, 0) is 6.42 Å². The van der Waals surface area contributed by atoms with E-state index < -0.39 is 0 Å². The van der Waals surface area contributed by atoms with Crippen molar-refractivity contribution in [1.29, 1.82) is 0 Å². The molecule has 3 aromatic rings. The summed E-state index contributed by atoms with van der Waals surface area (Å²) < 4.78 is 0. The molecule has 0 amide bonds. The molecule has 5 rings (SSSR count). The lowest BCUT2D eigenvalue weighted by Crippen LogP contribution is -2.29. The van der Waals surface area contributed by atoms with E-state index in [0.29, 0.717) is 5.41 Å². The molecule has 0 radical (unpaired) electrons. The van der Waals surface area contributed by atoms with Gasteiger partial charge in [0, 0.05) is 0 Å². The van der Waals surface area contributed by atoms with E-state index in [1.54, 1.807) is 5.57 Å². The van der Waals surface area contributed by atoms with E-state index in [1.165, 1.54) is 71.6 Å². The number of allylic oxidation sites excluding steroid dienone is 1. The highest BCUT2D eigenvalue weighted by molar-refractivity contribution is 5.99. The summed E-state index contributed by atoms with van der Waals surface area (Å²) in [6, 6.07) is 22.4. The van der Waals surface area contributed by atoms with Gasteiger partial charge in [-0.1, -0.05) is 92.1 Å². The van der Waals surface area contributed by atoms with E-state index >= 15 is 0 Å². The van der Waals surface area contributed by atoms with Gasteiger partial charge in [-0.25, -0.2) is 0 Å². The van der Waals surface area contributed by atoms with Crippen molar-refractivity contribution in [3.63, 3.8) is 0 Å².